The summed E-state index contributed by atoms with van der Waals surface area (Å²) in [6, 6.07) is 0. The zero-order chi connectivity index (χ0) is 27.2. The molecule has 5 rings (SSSR count). The molecule has 5 heteroatoms. The molecule has 5 fully saturated rings. The number of fused-ring (bicyclic) bond motifs is 7. The highest BCUT2D eigenvalue weighted by molar-refractivity contribution is 5.76. The molecule has 5 aliphatic rings. The molecule has 0 aromatic carbocycles. The van der Waals surface area contributed by atoms with Crippen molar-refractivity contribution in [2.45, 2.75) is 112 Å². The summed E-state index contributed by atoms with van der Waals surface area (Å²) in [5.41, 5.74) is 0.518. The van der Waals surface area contributed by atoms with E-state index >= 15 is 0 Å². The molecule has 0 aliphatic heterocycles. The number of hydrogen-bond donors (Lipinski definition) is 2. The number of hydrogen-bond acceptors (Lipinski definition) is 4. The van der Waals surface area contributed by atoms with Gasteiger partial charge >= 0.3 is 11.9 Å². The van der Waals surface area contributed by atoms with E-state index < -0.39 is 11.4 Å². The summed E-state index contributed by atoms with van der Waals surface area (Å²) in [6.45, 7) is 18.0. The fourth-order valence-corrected chi connectivity index (χ4v) is 11.9. The molecule has 0 radical (unpaired) electrons. The van der Waals surface area contributed by atoms with Crippen LogP contribution in [0.1, 0.15) is 106 Å². The van der Waals surface area contributed by atoms with Crippen LogP contribution in [0, 0.1) is 56.7 Å². The maximum absolute atomic E-state index is 12.8. The molecule has 37 heavy (non-hydrogen) atoms. The van der Waals surface area contributed by atoms with Crippen molar-refractivity contribution in [3.63, 3.8) is 0 Å². The molecule has 5 aliphatic carbocycles. The molecule has 0 aromatic rings. The van der Waals surface area contributed by atoms with Crippen LogP contribution in [0.2, 0.25) is 0 Å². The second-order valence-corrected chi connectivity index (χ2v) is 15.1. The molecule has 5 saturated carbocycles. The number of ether oxygens (including phenoxy) is 1. The zero-order valence-corrected chi connectivity index (χ0v) is 24.1. The van der Waals surface area contributed by atoms with Gasteiger partial charge in [0.25, 0.3) is 0 Å². The van der Waals surface area contributed by atoms with Gasteiger partial charge in [-0.05, 0) is 116 Å². The summed E-state index contributed by atoms with van der Waals surface area (Å²) >= 11 is 0. The van der Waals surface area contributed by atoms with Crippen LogP contribution in [0.4, 0.5) is 0 Å². The van der Waals surface area contributed by atoms with Gasteiger partial charge in [0.1, 0.15) is 6.10 Å². The van der Waals surface area contributed by atoms with E-state index in [1.165, 1.54) is 6.92 Å². The first-order valence-corrected chi connectivity index (χ1v) is 14.9. The average molecular weight is 515 g/mol. The van der Waals surface area contributed by atoms with E-state index in [1.54, 1.807) is 0 Å². The maximum Gasteiger partial charge on any atom is 0.309 e. The van der Waals surface area contributed by atoms with Gasteiger partial charge in [-0.1, -0.05) is 41.2 Å². The van der Waals surface area contributed by atoms with Gasteiger partial charge in [-0.15, -0.1) is 0 Å². The molecule has 9 unspecified atom stereocenters. The van der Waals surface area contributed by atoms with Crippen molar-refractivity contribution in [1.29, 1.82) is 0 Å². The number of aliphatic hydroxyl groups is 1. The van der Waals surface area contributed by atoms with Gasteiger partial charge in [-0.2, -0.15) is 0 Å². The minimum absolute atomic E-state index is 0.0195. The van der Waals surface area contributed by atoms with E-state index in [-0.39, 0.29) is 52.2 Å². The smallest absolute Gasteiger partial charge is 0.309 e. The predicted molar refractivity (Wildman–Crippen MR) is 144 cm³/mol. The fourth-order valence-electron chi connectivity index (χ4n) is 11.9. The Morgan fingerprint density at radius 1 is 0.865 bits per heavy atom. The monoisotopic (exact) mass is 514 g/mol. The molecule has 0 amide bonds. The third kappa shape index (κ3) is 3.44. The zero-order valence-electron chi connectivity index (χ0n) is 24.1. The van der Waals surface area contributed by atoms with Crippen molar-refractivity contribution in [1.82, 2.24) is 0 Å². The first-order valence-electron chi connectivity index (χ1n) is 14.9. The molecular formula is C32H50O5. The van der Waals surface area contributed by atoms with E-state index in [1.807, 2.05) is 0 Å². The molecule has 0 heterocycles. The molecule has 0 spiro atoms. The summed E-state index contributed by atoms with van der Waals surface area (Å²) < 4.78 is 5.87. The Hall–Kier alpha value is -1.36. The van der Waals surface area contributed by atoms with Gasteiger partial charge in [0.05, 0.1) is 12.0 Å². The van der Waals surface area contributed by atoms with E-state index in [2.05, 4.69) is 41.2 Å². The van der Waals surface area contributed by atoms with Crippen molar-refractivity contribution >= 4 is 11.9 Å². The van der Waals surface area contributed by atoms with Crippen LogP contribution < -0.4 is 0 Å². The van der Waals surface area contributed by atoms with Crippen molar-refractivity contribution in [2.24, 2.45) is 56.7 Å². The van der Waals surface area contributed by atoms with Crippen LogP contribution in [-0.2, 0) is 14.3 Å². The Balaban J connectivity index is 1.52. The van der Waals surface area contributed by atoms with E-state index in [0.29, 0.717) is 17.8 Å². The van der Waals surface area contributed by atoms with Crippen LogP contribution in [0.25, 0.3) is 0 Å². The number of carbonyl (C=O) groups excluding carboxylic acids is 1. The van der Waals surface area contributed by atoms with Crippen molar-refractivity contribution in [2.75, 3.05) is 6.61 Å². The number of rotatable bonds is 4. The normalized spacial score (nSPS) is 50.1. The van der Waals surface area contributed by atoms with E-state index in [0.717, 1.165) is 69.8 Å². The number of carboxylic acids is 1. The Kier molecular flexibility index (Phi) is 6.30. The van der Waals surface area contributed by atoms with Crippen LogP contribution in [-0.4, -0.2) is 34.9 Å². The third-order valence-corrected chi connectivity index (χ3v) is 13.8. The van der Waals surface area contributed by atoms with E-state index in [9.17, 15) is 19.8 Å². The lowest BCUT2D eigenvalue weighted by molar-refractivity contribution is -0.250. The number of aliphatic carboxylic acids is 1. The Labute approximate surface area is 223 Å². The highest BCUT2D eigenvalue weighted by Gasteiger charge is 2.72. The summed E-state index contributed by atoms with van der Waals surface area (Å²) in [7, 11) is 0. The Bertz CT molecular complexity index is 986. The Morgan fingerprint density at radius 2 is 1.57 bits per heavy atom. The standard InChI is InChI=1S/C32H50O5/c1-19(18-33)21-10-15-32(27(35)36)17-16-30(6)22(26(21)32)8-9-24-29(5)13-12-25(37-20(2)34)28(3,4)23(29)11-14-31(24,30)7/h21-26,33H,1,8-18H2,2-7H3,(H,35,36)/t21?,22?,23?,24?,25?,26?,29?,30?,31?,32-/m0/s1. The van der Waals surface area contributed by atoms with Crippen LogP contribution in [0.3, 0.4) is 0 Å². The maximum atomic E-state index is 12.8. The van der Waals surface area contributed by atoms with E-state index in [4.69, 9.17) is 4.74 Å². The van der Waals surface area contributed by atoms with Gasteiger partial charge in [0.15, 0.2) is 0 Å². The SMILES string of the molecule is C=C(CO)C1CC[C@]2(C(=O)O)CCC3(C)C(CCC4C5(C)CCC(OC(C)=O)C(C)(C)C5CCC43C)C12. The van der Waals surface area contributed by atoms with Crippen molar-refractivity contribution in [3.8, 4) is 0 Å². The average Bonchev–Trinajstić information content (AvgIpc) is 3.22. The topological polar surface area (TPSA) is 83.8 Å². The van der Waals surface area contributed by atoms with Gasteiger partial charge in [0, 0.05) is 12.3 Å². The number of aliphatic hydroxyl groups excluding tert-OH is 1. The molecule has 2 N–H and O–H groups in total. The number of carbonyl (C=O) groups is 2. The fraction of sp³-hybridized carbons (Fsp3) is 0.875. The van der Waals surface area contributed by atoms with Crippen molar-refractivity contribution in [3.05, 3.63) is 12.2 Å². The van der Waals surface area contributed by atoms with Crippen LogP contribution in [0.5, 0.6) is 0 Å². The summed E-state index contributed by atoms with van der Waals surface area (Å²) in [5, 5.41) is 20.6. The lowest BCUT2D eigenvalue weighted by Gasteiger charge is -2.72. The predicted octanol–water partition coefficient (Wildman–Crippen LogP) is 6.63. The first kappa shape index (κ1) is 27.2. The third-order valence-electron chi connectivity index (χ3n) is 13.8. The molecular weight excluding hydrogens is 464 g/mol. The number of carboxylic acid groups (broad SMARTS) is 1. The molecule has 0 aromatic heterocycles. The summed E-state index contributed by atoms with van der Waals surface area (Å²) in [4.78, 5) is 24.7. The molecule has 0 bridgehead atoms. The summed E-state index contributed by atoms with van der Waals surface area (Å²) in [5.74, 6) is 0.817. The van der Waals surface area contributed by atoms with Gasteiger partial charge < -0.3 is 14.9 Å². The molecule has 208 valence electrons. The largest absolute Gasteiger partial charge is 0.481 e. The Morgan fingerprint density at radius 3 is 2.19 bits per heavy atom. The van der Waals surface area contributed by atoms with Gasteiger partial charge in [0.2, 0.25) is 0 Å². The molecule has 0 saturated heterocycles. The quantitative estimate of drug-likeness (QED) is 0.325. The first-order chi connectivity index (χ1) is 17.2. The molecule has 5 nitrogen and oxygen atoms in total. The minimum Gasteiger partial charge on any atom is -0.481 e. The van der Waals surface area contributed by atoms with Gasteiger partial charge in [-0.25, -0.2) is 0 Å². The molecule has 10 atom stereocenters. The second-order valence-electron chi connectivity index (χ2n) is 15.1. The van der Waals surface area contributed by atoms with Gasteiger partial charge in [-0.3, -0.25) is 9.59 Å². The van der Waals surface area contributed by atoms with Crippen molar-refractivity contribution < 1.29 is 24.5 Å². The summed E-state index contributed by atoms with van der Waals surface area (Å²) in [6.07, 6.45) is 9.78. The minimum atomic E-state index is -0.665. The second kappa shape index (κ2) is 8.57. The van der Waals surface area contributed by atoms with Crippen LogP contribution >= 0.6 is 0 Å². The highest BCUT2D eigenvalue weighted by atomic mass is 16.5. The lowest BCUT2D eigenvalue weighted by atomic mass is 9.32. The number of esters is 1. The highest BCUT2D eigenvalue weighted by Crippen LogP contribution is 2.77. The van der Waals surface area contributed by atoms with Crippen LogP contribution in [0.15, 0.2) is 12.2 Å². The lowest BCUT2D eigenvalue weighted by Crippen LogP contribution is -2.67.